The fraction of sp³-hybridized carbons (Fsp3) is 0.714. The van der Waals surface area contributed by atoms with Crippen LogP contribution in [-0.4, -0.2) is 42.4 Å². The van der Waals surface area contributed by atoms with E-state index in [9.17, 15) is 9.90 Å². The largest absolute Gasteiger partial charge is 0.391 e. The van der Waals surface area contributed by atoms with Crippen molar-refractivity contribution in [2.75, 3.05) is 20.3 Å². The van der Waals surface area contributed by atoms with Crippen molar-refractivity contribution in [2.24, 2.45) is 5.92 Å². The summed E-state index contributed by atoms with van der Waals surface area (Å²) in [5.74, 6) is 0.363. The standard InChI is InChI=1S/C14H24N2O3S/c1-9(2)7-12-13(20-10(3)16-12)14(18)15-6-5-11(17)8-19-4/h9,11,17H,5-8H2,1-4H3,(H,15,18). The highest BCUT2D eigenvalue weighted by Crippen LogP contribution is 2.20. The predicted molar refractivity (Wildman–Crippen MR) is 80.2 cm³/mol. The van der Waals surface area contributed by atoms with Crippen LogP contribution in [0, 0.1) is 12.8 Å². The lowest BCUT2D eigenvalue weighted by atomic mass is 10.1. The van der Waals surface area contributed by atoms with Crippen molar-refractivity contribution in [2.45, 2.75) is 39.7 Å². The zero-order valence-corrected chi connectivity index (χ0v) is 13.4. The molecule has 0 bridgehead atoms. The Balaban J connectivity index is 2.54. The Labute approximate surface area is 124 Å². The first kappa shape index (κ1) is 17.1. The second-order valence-corrected chi connectivity index (χ2v) is 6.46. The number of carbonyl (C=O) groups excluding carboxylic acids is 1. The Kier molecular flexibility index (Phi) is 7.12. The first-order chi connectivity index (χ1) is 9.43. The van der Waals surface area contributed by atoms with Crippen molar-refractivity contribution >= 4 is 17.2 Å². The normalized spacial score (nSPS) is 12.7. The maximum Gasteiger partial charge on any atom is 0.263 e. The molecule has 5 nitrogen and oxygen atoms in total. The van der Waals surface area contributed by atoms with Gasteiger partial charge < -0.3 is 15.2 Å². The number of nitrogens with zero attached hydrogens (tertiary/aromatic N) is 1. The highest BCUT2D eigenvalue weighted by atomic mass is 32.1. The molecule has 0 aliphatic carbocycles. The van der Waals surface area contributed by atoms with E-state index in [1.54, 1.807) is 7.11 Å². The Hall–Kier alpha value is -0.980. The maximum absolute atomic E-state index is 12.1. The molecule has 0 aromatic carbocycles. The molecule has 6 heteroatoms. The topological polar surface area (TPSA) is 71.5 Å². The van der Waals surface area contributed by atoms with Gasteiger partial charge in [0.2, 0.25) is 0 Å². The minimum Gasteiger partial charge on any atom is -0.391 e. The second-order valence-electron chi connectivity index (χ2n) is 5.26. The molecule has 1 amide bonds. The van der Waals surface area contributed by atoms with Gasteiger partial charge in [0.1, 0.15) is 4.88 Å². The molecule has 0 radical (unpaired) electrons. The summed E-state index contributed by atoms with van der Waals surface area (Å²) in [6.07, 6.45) is 0.745. The molecule has 0 fully saturated rings. The van der Waals surface area contributed by atoms with E-state index >= 15 is 0 Å². The summed E-state index contributed by atoms with van der Waals surface area (Å²) < 4.78 is 4.84. The van der Waals surface area contributed by atoms with Crippen LogP contribution in [-0.2, 0) is 11.2 Å². The third-order valence-corrected chi connectivity index (χ3v) is 3.75. The number of aromatic nitrogens is 1. The van der Waals surface area contributed by atoms with Gasteiger partial charge in [-0.15, -0.1) is 11.3 Å². The molecule has 1 aromatic rings. The third-order valence-electron chi connectivity index (χ3n) is 2.73. The van der Waals surface area contributed by atoms with Crippen molar-refractivity contribution in [3.05, 3.63) is 15.6 Å². The average Bonchev–Trinajstić information content (AvgIpc) is 2.69. The van der Waals surface area contributed by atoms with Gasteiger partial charge in [-0.3, -0.25) is 4.79 Å². The van der Waals surface area contributed by atoms with Gasteiger partial charge in [0.05, 0.1) is 23.4 Å². The fourth-order valence-corrected chi connectivity index (χ4v) is 2.74. The number of hydrogen-bond acceptors (Lipinski definition) is 5. The third kappa shape index (κ3) is 5.56. The zero-order valence-electron chi connectivity index (χ0n) is 12.6. The number of methoxy groups -OCH3 is 1. The molecule has 1 atom stereocenters. The number of amides is 1. The van der Waals surface area contributed by atoms with E-state index in [0.29, 0.717) is 23.8 Å². The van der Waals surface area contributed by atoms with Crippen LogP contribution in [0.4, 0.5) is 0 Å². The van der Waals surface area contributed by atoms with Crippen LogP contribution in [0.2, 0.25) is 0 Å². The van der Waals surface area contributed by atoms with Gasteiger partial charge in [-0.05, 0) is 25.7 Å². The Morgan fingerprint density at radius 1 is 1.50 bits per heavy atom. The molecule has 1 unspecified atom stereocenters. The molecular formula is C14H24N2O3S. The summed E-state index contributed by atoms with van der Waals surface area (Å²) in [5.41, 5.74) is 0.873. The van der Waals surface area contributed by atoms with E-state index in [1.165, 1.54) is 11.3 Å². The van der Waals surface area contributed by atoms with Gasteiger partial charge >= 0.3 is 0 Å². The lowest BCUT2D eigenvalue weighted by molar-refractivity contribution is 0.0588. The zero-order chi connectivity index (χ0) is 15.1. The number of aliphatic hydroxyl groups excluding tert-OH is 1. The number of thiazole rings is 1. The van der Waals surface area contributed by atoms with Crippen LogP contribution in [0.1, 0.15) is 40.6 Å². The first-order valence-corrected chi connectivity index (χ1v) is 7.67. The molecule has 0 saturated heterocycles. The van der Waals surface area contributed by atoms with Crippen LogP contribution in [0.5, 0.6) is 0 Å². The van der Waals surface area contributed by atoms with Crippen LogP contribution >= 0.6 is 11.3 Å². The van der Waals surface area contributed by atoms with E-state index in [-0.39, 0.29) is 12.5 Å². The number of nitrogens with one attached hydrogen (secondary N) is 1. The fourth-order valence-electron chi connectivity index (χ4n) is 1.88. The highest BCUT2D eigenvalue weighted by molar-refractivity contribution is 7.13. The minimum atomic E-state index is -0.543. The van der Waals surface area contributed by atoms with Crippen molar-refractivity contribution in [1.82, 2.24) is 10.3 Å². The molecule has 0 aliphatic rings. The molecule has 20 heavy (non-hydrogen) atoms. The van der Waals surface area contributed by atoms with Crippen molar-refractivity contribution in [3.63, 3.8) is 0 Å². The van der Waals surface area contributed by atoms with Gasteiger partial charge in [-0.1, -0.05) is 13.8 Å². The summed E-state index contributed by atoms with van der Waals surface area (Å²) in [6.45, 7) is 6.85. The number of ether oxygens (including phenoxy) is 1. The molecule has 1 heterocycles. The van der Waals surface area contributed by atoms with E-state index in [1.807, 2.05) is 6.92 Å². The van der Waals surface area contributed by atoms with E-state index < -0.39 is 6.10 Å². The summed E-state index contributed by atoms with van der Waals surface area (Å²) >= 11 is 1.42. The Morgan fingerprint density at radius 2 is 2.20 bits per heavy atom. The molecule has 1 rings (SSSR count). The number of rotatable bonds is 8. The summed E-state index contributed by atoms with van der Waals surface area (Å²) in [6, 6.07) is 0. The van der Waals surface area contributed by atoms with Gasteiger partial charge in [-0.25, -0.2) is 4.98 Å². The summed E-state index contributed by atoms with van der Waals surface area (Å²) in [4.78, 5) is 17.3. The quantitative estimate of drug-likeness (QED) is 0.767. The lowest BCUT2D eigenvalue weighted by Crippen LogP contribution is -2.28. The summed E-state index contributed by atoms with van der Waals surface area (Å²) in [5, 5.41) is 13.3. The number of carbonyl (C=O) groups is 1. The van der Waals surface area contributed by atoms with E-state index in [4.69, 9.17) is 4.74 Å². The molecule has 2 N–H and O–H groups in total. The molecule has 0 saturated carbocycles. The van der Waals surface area contributed by atoms with Crippen LogP contribution in [0.15, 0.2) is 0 Å². The highest BCUT2D eigenvalue weighted by Gasteiger charge is 2.17. The van der Waals surface area contributed by atoms with E-state index in [2.05, 4.69) is 24.1 Å². The van der Waals surface area contributed by atoms with Gasteiger partial charge in [0.25, 0.3) is 5.91 Å². The Bertz CT molecular complexity index is 432. The number of hydrogen-bond donors (Lipinski definition) is 2. The molecule has 0 spiro atoms. The molecule has 1 aromatic heterocycles. The lowest BCUT2D eigenvalue weighted by Gasteiger charge is -2.10. The average molecular weight is 300 g/mol. The molecule has 0 aliphatic heterocycles. The van der Waals surface area contributed by atoms with Crippen molar-refractivity contribution in [3.8, 4) is 0 Å². The van der Waals surface area contributed by atoms with Crippen molar-refractivity contribution < 1.29 is 14.6 Å². The second kappa shape index (κ2) is 8.34. The molecule has 114 valence electrons. The monoisotopic (exact) mass is 300 g/mol. The van der Waals surface area contributed by atoms with Gasteiger partial charge in [-0.2, -0.15) is 0 Å². The van der Waals surface area contributed by atoms with Crippen LogP contribution in [0.3, 0.4) is 0 Å². The smallest absolute Gasteiger partial charge is 0.263 e. The van der Waals surface area contributed by atoms with Crippen LogP contribution < -0.4 is 5.32 Å². The van der Waals surface area contributed by atoms with Crippen molar-refractivity contribution in [1.29, 1.82) is 0 Å². The number of aryl methyl sites for hydroxylation is 1. The SMILES string of the molecule is COCC(O)CCNC(=O)c1sc(C)nc1CC(C)C. The summed E-state index contributed by atoms with van der Waals surface area (Å²) in [7, 11) is 1.54. The minimum absolute atomic E-state index is 0.101. The van der Waals surface area contributed by atoms with Gasteiger partial charge in [0, 0.05) is 13.7 Å². The number of aliphatic hydroxyl groups is 1. The molecular weight excluding hydrogens is 276 g/mol. The Morgan fingerprint density at radius 3 is 2.80 bits per heavy atom. The first-order valence-electron chi connectivity index (χ1n) is 6.85. The van der Waals surface area contributed by atoms with E-state index in [0.717, 1.165) is 17.1 Å². The van der Waals surface area contributed by atoms with Crippen LogP contribution in [0.25, 0.3) is 0 Å². The predicted octanol–water partition coefficient (Wildman–Crippen LogP) is 1.78. The maximum atomic E-state index is 12.1. The van der Waals surface area contributed by atoms with Gasteiger partial charge in [0.15, 0.2) is 0 Å².